The average molecular weight is 490 g/mol. The van der Waals surface area contributed by atoms with E-state index in [1.54, 1.807) is 0 Å². The zero-order valence-electron chi connectivity index (χ0n) is 15.7. The van der Waals surface area contributed by atoms with Gasteiger partial charge in [0.1, 0.15) is 24.2 Å². The minimum Gasteiger partial charge on any atom is -0.489 e. The monoisotopic (exact) mass is 489 g/mol. The quantitative estimate of drug-likeness (QED) is 0.422. The van der Waals surface area contributed by atoms with Crippen molar-refractivity contribution in [1.82, 2.24) is 24.5 Å². The van der Waals surface area contributed by atoms with Crippen LogP contribution in [0, 0.1) is 0 Å². The zero-order chi connectivity index (χ0) is 23.0. The number of benzene rings is 1. The first-order valence-electron chi connectivity index (χ1n) is 8.83. The van der Waals surface area contributed by atoms with Gasteiger partial charge < -0.3 is 23.9 Å². The minimum absolute atomic E-state index is 0.0556. The maximum Gasteiger partial charge on any atom is 0.434 e. The molecule has 3 aromatic heterocycles. The van der Waals surface area contributed by atoms with E-state index in [0.29, 0.717) is 5.56 Å². The first-order valence-corrected chi connectivity index (χ1v) is 9.58. The van der Waals surface area contributed by atoms with Crippen LogP contribution in [0.15, 0.2) is 35.2 Å². The molecule has 3 heterocycles. The van der Waals surface area contributed by atoms with Crippen molar-refractivity contribution in [3.05, 3.63) is 46.5 Å². The van der Waals surface area contributed by atoms with Crippen molar-refractivity contribution in [3.8, 4) is 28.7 Å². The van der Waals surface area contributed by atoms with Crippen molar-refractivity contribution >= 4 is 28.8 Å². The van der Waals surface area contributed by atoms with E-state index in [1.807, 2.05) is 0 Å². The van der Waals surface area contributed by atoms with Crippen molar-refractivity contribution in [2.45, 2.75) is 12.3 Å². The molecule has 0 aliphatic heterocycles. The summed E-state index contributed by atoms with van der Waals surface area (Å²) in [5, 5.41) is 22.3. The molecular weight excluding hydrogens is 478 g/mol. The van der Waals surface area contributed by atoms with Crippen molar-refractivity contribution in [3.63, 3.8) is 0 Å². The van der Waals surface area contributed by atoms with Gasteiger partial charge in [-0.25, -0.2) is 9.97 Å². The number of nitrogens with zero attached hydrogens (tertiary/aromatic N) is 5. The van der Waals surface area contributed by atoms with Crippen molar-refractivity contribution < 1.29 is 32.6 Å². The molecule has 168 valence electrons. The third-order valence-corrected chi connectivity index (χ3v) is 4.79. The van der Waals surface area contributed by atoms with Gasteiger partial charge in [0, 0.05) is 24.0 Å². The van der Waals surface area contributed by atoms with E-state index in [2.05, 4.69) is 20.1 Å². The predicted octanol–water partition coefficient (Wildman–Crippen LogP) is 3.50. The number of aliphatic hydroxyl groups excluding tert-OH is 2. The smallest absolute Gasteiger partial charge is 0.434 e. The number of aliphatic hydroxyl groups is 2. The molecule has 4 aromatic rings. The Balaban J connectivity index is 1.62. The number of fused-ring (bicyclic) bond motifs is 1. The fourth-order valence-corrected chi connectivity index (χ4v) is 3.09. The van der Waals surface area contributed by atoms with E-state index in [4.69, 9.17) is 37.6 Å². The van der Waals surface area contributed by atoms with E-state index in [9.17, 15) is 18.3 Å². The third-order valence-electron chi connectivity index (χ3n) is 4.18. The molecule has 32 heavy (non-hydrogen) atoms. The predicted molar refractivity (Wildman–Crippen MR) is 105 cm³/mol. The summed E-state index contributed by atoms with van der Waals surface area (Å²) in [6.07, 6.45) is -2.61. The molecule has 0 bridgehead atoms. The summed E-state index contributed by atoms with van der Waals surface area (Å²) in [6.45, 7) is -0.678. The van der Waals surface area contributed by atoms with Crippen LogP contribution in [0.2, 0.25) is 10.0 Å². The zero-order valence-corrected chi connectivity index (χ0v) is 17.2. The number of rotatable bonds is 6. The third kappa shape index (κ3) is 4.48. The molecule has 0 aliphatic rings. The Labute approximate surface area is 187 Å². The Hall–Kier alpha value is -2.93. The molecule has 0 saturated heterocycles. The standard InChI is InChI=1S/C18H12Cl2F3N5O4/c19-10-2-13(31-7-8(30)6-29)11(20)1-9(10)16-26-17(32-27-16)12-4-28-5-14(18(21,22)23)24-3-15(28)25-12/h1-5,8,29-30H,6-7H2/t8-/m1/s1. The van der Waals surface area contributed by atoms with Crippen LogP contribution in [0.25, 0.3) is 28.6 Å². The van der Waals surface area contributed by atoms with Gasteiger partial charge in [0.25, 0.3) is 5.89 Å². The highest BCUT2D eigenvalue weighted by atomic mass is 35.5. The lowest BCUT2D eigenvalue weighted by atomic mass is 10.2. The summed E-state index contributed by atoms with van der Waals surface area (Å²) in [4.78, 5) is 11.7. The van der Waals surface area contributed by atoms with Gasteiger partial charge in [-0.2, -0.15) is 18.2 Å². The molecule has 0 fully saturated rings. The first kappa shape index (κ1) is 22.3. The van der Waals surface area contributed by atoms with E-state index < -0.39 is 24.6 Å². The van der Waals surface area contributed by atoms with Crippen LogP contribution in [0.4, 0.5) is 13.2 Å². The van der Waals surface area contributed by atoms with Crippen LogP contribution in [-0.2, 0) is 6.18 Å². The maximum absolute atomic E-state index is 12.8. The van der Waals surface area contributed by atoms with Gasteiger partial charge in [-0.1, -0.05) is 28.4 Å². The number of hydrogen-bond acceptors (Lipinski definition) is 8. The first-order chi connectivity index (χ1) is 15.2. The molecule has 9 nitrogen and oxygen atoms in total. The highest BCUT2D eigenvalue weighted by Gasteiger charge is 2.33. The number of hydrogen-bond donors (Lipinski definition) is 2. The van der Waals surface area contributed by atoms with E-state index in [-0.39, 0.29) is 45.5 Å². The highest BCUT2D eigenvalue weighted by Crippen LogP contribution is 2.36. The second-order valence-corrected chi connectivity index (χ2v) is 7.31. The summed E-state index contributed by atoms with van der Waals surface area (Å²) >= 11 is 12.4. The molecule has 2 N–H and O–H groups in total. The summed E-state index contributed by atoms with van der Waals surface area (Å²) in [6, 6.07) is 2.80. The second kappa shape index (κ2) is 8.54. The van der Waals surface area contributed by atoms with Crippen LogP contribution in [0.5, 0.6) is 5.75 Å². The molecule has 0 saturated carbocycles. The van der Waals surface area contributed by atoms with Gasteiger partial charge in [-0.15, -0.1) is 0 Å². The van der Waals surface area contributed by atoms with Crippen LogP contribution < -0.4 is 4.74 Å². The summed E-state index contributed by atoms with van der Waals surface area (Å²) < 4.78 is 50.2. The van der Waals surface area contributed by atoms with Gasteiger partial charge in [0.05, 0.1) is 22.8 Å². The van der Waals surface area contributed by atoms with Crippen molar-refractivity contribution in [1.29, 1.82) is 0 Å². The Kier molecular flexibility index (Phi) is 5.95. The molecule has 1 atom stereocenters. The number of alkyl halides is 3. The van der Waals surface area contributed by atoms with E-state index in [0.717, 1.165) is 16.8 Å². The Bertz CT molecular complexity index is 1280. The molecule has 0 amide bonds. The van der Waals surface area contributed by atoms with Crippen molar-refractivity contribution in [2.75, 3.05) is 13.2 Å². The van der Waals surface area contributed by atoms with Gasteiger partial charge in [-0.05, 0) is 6.07 Å². The van der Waals surface area contributed by atoms with Gasteiger partial charge >= 0.3 is 6.18 Å². The van der Waals surface area contributed by atoms with Gasteiger partial charge in [0.2, 0.25) is 5.82 Å². The van der Waals surface area contributed by atoms with Gasteiger partial charge in [-0.3, -0.25) is 0 Å². The summed E-state index contributed by atoms with van der Waals surface area (Å²) in [5.41, 5.74) is -0.493. The number of halogens is 5. The Morgan fingerprint density at radius 2 is 1.94 bits per heavy atom. The van der Waals surface area contributed by atoms with Gasteiger partial charge in [0.15, 0.2) is 11.3 Å². The molecule has 0 unspecified atom stereocenters. The number of ether oxygens (including phenoxy) is 1. The number of aromatic nitrogens is 5. The molecular formula is C18H12Cl2F3N5O4. The lowest BCUT2D eigenvalue weighted by Crippen LogP contribution is -2.21. The second-order valence-electron chi connectivity index (χ2n) is 6.49. The number of imidazole rings is 1. The lowest BCUT2D eigenvalue weighted by Gasteiger charge is -2.12. The van der Waals surface area contributed by atoms with Crippen LogP contribution >= 0.6 is 23.2 Å². The highest BCUT2D eigenvalue weighted by molar-refractivity contribution is 6.36. The SMILES string of the molecule is OC[C@@H](O)COc1cc(Cl)c(-c2noc(-c3cn4cc(C(F)(F)F)ncc4n3)n2)cc1Cl. The van der Waals surface area contributed by atoms with Crippen molar-refractivity contribution in [2.24, 2.45) is 0 Å². The Morgan fingerprint density at radius 3 is 2.66 bits per heavy atom. The Morgan fingerprint density at radius 1 is 1.16 bits per heavy atom. The molecule has 0 radical (unpaired) electrons. The van der Waals surface area contributed by atoms with E-state index >= 15 is 0 Å². The fourth-order valence-electron chi connectivity index (χ4n) is 2.63. The van der Waals surface area contributed by atoms with Crippen LogP contribution in [0.3, 0.4) is 0 Å². The summed E-state index contributed by atoms with van der Waals surface area (Å²) in [7, 11) is 0. The van der Waals surface area contributed by atoms with E-state index in [1.165, 1.54) is 18.3 Å². The van der Waals surface area contributed by atoms with Crippen LogP contribution in [0.1, 0.15) is 5.69 Å². The van der Waals surface area contributed by atoms with Crippen LogP contribution in [-0.4, -0.2) is 54.0 Å². The molecule has 0 aliphatic carbocycles. The normalized spacial score (nSPS) is 13.0. The largest absolute Gasteiger partial charge is 0.489 e. The summed E-state index contributed by atoms with van der Waals surface area (Å²) in [5.74, 6) is 0.167. The average Bonchev–Trinajstić information content (AvgIpc) is 3.39. The topological polar surface area (TPSA) is 119 Å². The molecule has 1 aromatic carbocycles. The fraction of sp³-hybridized carbons (Fsp3) is 0.222. The molecule has 14 heteroatoms. The molecule has 4 rings (SSSR count). The molecule has 0 spiro atoms. The lowest BCUT2D eigenvalue weighted by molar-refractivity contribution is -0.141. The minimum atomic E-state index is -4.60. The maximum atomic E-state index is 12.8.